The van der Waals surface area contributed by atoms with Crippen molar-refractivity contribution >= 4 is 29.0 Å². The van der Waals surface area contributed by atoms with Gasteiger partial charge in [0.15, 0.2) is 5.82 Å². The van der Waals surface area contributed by atoms with Crippen molar-refractivity contribution in [2.75, 3.05) is 24.4 Å². The molecule has 0 unspecified atom stereocenters. The molecule has 1 aliphatic carbocycles. The summed E-state index contributed by atoms with van der Waals surface area (Å²) in [5.41, 5.74) is 0. The SMILES string of the molecule is COc1ncc(Cl)c(N(CCCCl)C2CCC2)n1. The zero-order chi connectivity index (χ0) is 13.0. The van der Waals surface area contributed by atoms with Crippen LogP contribution in [0.2, 0.25) is 5.02 Å². The molecule has 0 saturated heterocycles. The second-order valence-electron chi connectivity index (χ2n) is 4.35. The van der Waals surface area contributed by atoms with E-state index in [1.54, 1.807) is 13.3 Å². The Morgan fingerprint density at radius 2 is 2.28 bits per heavy atom. The number of ether oxygens (including phenoxy) is 1. The van der Waals surface area contributed by atoms with E-state index in [0.717, 1.165) is 18.8 Å². The maximum absolute atomic E-state index is 6.20. The van der Waals surface area contributed by atoms with Crippen LogP contribution in [0.1, 0.15) is 25.7 Å². The van der Waals surface area contributed by atoms with Gasteiger partial charge in [-0.25, -0.2) is 4.98 Å². The number of nitrogens with zero attached hydrogens (tertiary/aromatic N) is 3. The highest BCUT2D eigenvalue weighted by Crippen LogP contribution is 2.33. The molecule has 1 fully saturated rings. The van der Waals surface area contributed by atoms with Gasteiger partial charge in [0.25, 0.3) is 0 Å². The first-order valence-electron chi connectivity index (χ1n) is 6.15. The van der Waals surface area contributed by atoms with Crippen molar-refractivity contribution < 1.29 is 4.74 Å². The highest BCUT2D eigenvalue weighted by atomic mass is 35.5. The first-order chi connectivity index (χ1) is 8.76. The summed E-state index contributed by atoms with van der Waals surface area (Å²) in [6, 6.07) is 0.870. The van der Waals surface area contributed by atoms with Crippen LogP contribution in [0.25, 0.3) is 0 Å². The second kappa shape index (κ2) is 6.43. The minimum atomic E-state index is 0.351. The maximum Gasteiger partial charge on any atom is 0.318 e. The second-order valence-corrected chi connectivity index (χ2v) is 5.13. The predicted molar refractivity (Wildman–Crippen MR) is 73.9 cm³/mol. The Morgan fingerprint density at radius 1 is 1.50 bits per heavy atom. The number of halogens is 2. The summed E-state index contributed by atoms with van der Waals surface area (Å²) in [5.74, 6) is 1.40. The van der Waals surface area contributed by atoms with Crippen LogP contribution in [0.15, 0.2) is 6.20 Å². The van der Waals surface area contributed by atoms with Crippen LogP contribution < -0.4 is 9.64 Å². The van der Waals surface area contributed by atoms with Gasteiger partial charge in [0.2, 0.25) is 0 Å². The Labute approximate surface area is 117 Å². The van der Waals surface area contributed by atoms with E-state index in [9.17, 15) is 0 Å². The zero-order valence-electron chi connectivity index (χ0n) is 10.4. The number of anilines is 1. The van der Waals surface area contributed by atoms with E-state index in [2.05, 4.69) is 14.9 Å². The number of methoxy groups -OCH3 is 1. The molecular formula is C12H17Cl2N3O. The van der Waals surface area contributed by atoms with E-state index >= 15 is 0 Å². The van der Waals surface area contributed by atoms with Crippen molar-refractivity contribution in [1.82, 2.24) is 9.97 Å². The summed E-state index contributed by atoms with van der Waals surface area (Å²) >= 11 is 12.0. The normalized spacial score (nSPS) is 15.3. The van der Waals surface area contributed by atoms with Gasteiger partial charge in [0, 0.05) is 18.5 Å². The summed E-state index contributed by atoms with van der Waals surface area (Å²) in [6.45, 7) is 0.869. The minimum Gasteiger partial charge on any atom is -0.467 e. The molecule has 0 amide bonds. The molecule has 0 bridgehead atoms. The van der Waals surface area contributed by atoms with Gasteiger partial charge in [-0.15, -0.1) is 11.6 Å². The summed E-state index contributed by atoms with van der Waals surface area (Å²) in [5, 5.41) is 0.567. The fourth-order valence-corrected chi connectivity index (χ4v) is 2.35. The van der Waals surface area contributed by atoms with Crippen LogP contribution in [0.5, 0.6) is 6.01 Å². The lowest BCUT2D eigenvalue weighted by Crippen LogP contribution is -2.41. The summed E-state index contributed by atoms with van der Waals surface area (Å²) in [6.07, 6.45) is 6.15. The monoisotopic (exact) mass is 289 g/mol. The zero-order valence-corrected chi connectivity index (χ0v) is 11.9. The fraction of sp³-hybridized carbons (Fsp3) is 0.667. The Balaban J connectivity index is 2.22. The van der Waals surface area contributed by atoms with E-state index in [1.807, 2.05) is 0 Å². The molecular weight excluding hydrogens is 273 g/mol. The number of rotatable bonds is 6. The van der Waals surface area contributed by atoms with Gasteiger partial charge in [0.05, 0.1) is 13.3 Å². The van der Waals surface area contributed by atoms with Crippen LogP contribution in [0, 0.1) is 0 Å². The van der Waals surface area contributed by atoms with Crippen LogP contribution in [0.4, 0.5) is 5.82 Å². The van der Waals surface area contributed by atoms with Crippen molar-refractivity contribution in [2.24, 2.45) is 0 Å². The van der Waals surface area contributed by atoms with Gasteiger partial charge in [-0.3, -0.25) is 0 Å². The van der Waals surface area contributed by atoms with Crippen molar-refractivity contribution in [1.29, 1.82) is 0 Å². The first kappa shape index (κ1) is 13.7. The summed E-state index contributed by atoms with van der Waals surface area (Å²) in [7, 11) is 1.56. The molecule has 100 valence electrons. The Bertz CT molecular complexity index is 399. The highest BCUT2D eigenvalue weighted by Gasteiger charge is 2.27. The van der Waals surface area contributed by atoms with Gasteiger partial charge < -0.3 is 9.64 Å². The molecule has 1 heterocycles. The summed E-state index contributed by atoms with van der Waals surface area (Å²) < 4.78 is 5.06. The molecule has 6 heteroatoms. The molecule has 0 radical (unpaired) electrons. The van der Waals surface area contributed by atoms with E-state index in [0.29, 0.717) is 23.0 Å². The number of hydrogen-bond donors (Lipinski definition) is 0. The number of aromatic nitrogens is 2. The quantitative estimate of drug-likeness (QED) is 0.754. The Kier molecular flexibility index (Phi) is 4.89. The Morgan fingerprint density at radius 3 is 2.83 bits per heavy atom. The van der Waals surface area contributed by atoms with Gasteiger partial charge in [-0.05, 0) is 25.7 Å². The average molecular weight is 290 g/mol. The van der Waals surface area contributed by atoms with Gasteiger partial charge in [0.1, 0.15) is 5.02 Å². The lowest BCUT2D eigenvalue weighted by atomic mass is 9.91. The van der Waals surface area contributed by atoms with Crippen LogP contribution >= 0.6 is 23.2 Å². The van der Waals surface area contributed by atoms with Gasteiger partial charge in [-0.2, -0.15) is 4.98 Å². The van der Waals surface area contributed by atoms with Crippen molar-refractivity contribution in [3.63, 3.8) is 0 Å². The third kappa shape index (κ3) is 2.98. The van der Waals surface area contributed by atoms with Crippen LogP contribution in [0.3, 0.4) is 0 Å². The van der Waals surface area contributed by atoms with E-state index in [4.69, 9.17) is 27.9 Å². The Hall–Kier alpha value is -0.740. The molecule has 18 heavy (non-hydrogen) atoms. The maximum atomic E-state index is 6.20. The third-order valence-corrected chi connectivity index (χ3v) is 3.74. The standard InChI is InChI=1S/C12H17Cl2N3O/c1-18-12-15-8-10(14)11(16-12)17(7-3-6-13)9-4-2-5-9/h8-9H,2-7H2,1H3. The smallest absolute Gasteiger partial charge is 0.318 e. The molecule has 1 saturated carbocycles. The highest BCUT2D eigenvalue weighted by molar-refractivity contribution is 6.32. The number of alkyl halides is 1. The van der Waals surface area contributed by atoms with E-state index in [1.165, 1.54) is 19.3 Å². The van der Waals surface area contributed by atoms with Crippen molar-refractivity contribution in [3.8, 4) is 6.01 Å². The molecule has 0 N–H and O–H groups in total. The third-order valence-electron chi connectivity index (χ3n) is 3.21. The molecule has 1 aromatic rings. The first-order valence-corrected chi connectivity index (χ1v) is 7.06. The van der Waals surface area contributed by atoms with Gasteiger partial charge in [-0.1, -0.05) is 11.6 Å². The topological polar surface area (TPSA) is 38.2 Å². The lowest BCUT2D eigenvalue weighted by Gasteiger charge is -2.38. The summed E-state index contributed by atoms with van der Waals surface area (Å²) in [4.78, 5) is 10.6. The average Bonchev–Trinajstić information content (AvgIpc) is 2.33. The van der Waals surface area contributed by atoms with Crippen molar-refractivity contribution in [3.05, 3.63) is 11.2 Å². The fourth-order valence-electron chi connectivity index (χ4n) is 2.03. The van der Waals surface area contributed by atoms with E-state index in [-0.39, 0.29) is 0 Å². The molecule has 0 aliphatic heterocycles. The van der Waals surface area contributed by atoms with Crippen molar-refractivity contribution in [2.45, 2.75) is 31.7 Å². The van der Waals surface area contributed by atoms with Crippen LogP contribution in [-0.2, 0) is 0 Å². The van der Waals surface area contributed by atoms with E-state index < -0.39 is 0 Å². The molecule has 4 nitrogen and oxygen atoms in total. The molecule has 1 aromatic heterocycles. The largest absolute Gasteiger partial charge is 0.467 e. The molecule has 0 aromatic carbocycles. The molecule has 2 rings (SSSR count). The predicted octanol–water partition coefficient (Wildman–Crippen LogP) is 3.13. The molecule has 0 atom stereocenters. The van der Waals surface area contributed by atoms with Gasteiger partial charge >= 0.3 is 6.01 Å². The molecule has 1 aliphatic rings. The molecule has 0 spiro atoms. The number of hydrogen-bond acceptors (Lipinski definition) is 4. The lowest BCUT2D eigenvalue weighted by molar-refractivity contribution is 0.368. The minimum absolute atomic E-state index is 0.351. The van der Waals surface area contributed by atoms with Crippen LogP contribution in [-0.4, -0.2) is 35.5 Å².